The van der Waals surface area contributed by atoms with E-state index in [-0.39, 0.29) is 17.9 Å². The van der Waals surface area contributed by atoms with Crippen molar-refractivity contribution in [1.82, 2.24) is 10.2 Å². The summed E-state index contributed by atoms with van der Waals surface area (Å²) in [4.78, 5) is 13.6. The normalized spacial score (nSPS) is 16.1. The Labute approximate surface area is 84.9 Å². The van der Waals surface area contributed by atoms with E-state index >= 15 is 0 Å². The van der Waals surface area contributed by atoms with Gasteiger partial charge >= 0.3 is 0 Å². The molecule has 0 spiro atoms. The molecule has 78 valence electrons. The zero-order chi connectivity index (χ0) is 10.6. The number of nitrogens with one attached hydrogen (secondary N) is 1. The maximum atomic E-state index is 11.8. The Kier molecular flexibility index (Phi) is 3.90. The second kappa shape index (κ2) is 4.97. The highest BCUT2D eigenvalue weighted by Crippen LogP contribution is 2.11. The summed E-state index contributed by atoms with van der Waals surface area (Å²) in [5, 5.41) is 11.6. The Morgan fingerprint density at radius 1 is 1.64 bits per heavy atom. The highest BCUT2D eigenvalue weighted by atomic mass is 16.2. The first-order chi connectivity index (χ1) is 6.66. The molecule has 1 saturated heterocycles. The lowest BCUT2D eigenvalue weighted by molar-refractivity contribution is -0.138. The number of rotatable bonds is 4. The standard InChI is InChI=1S/C10H17N3O/c1-8(2)13(5-3-4-11)10(14)9-6-12-7-9/h8-9,12H,3,5-7H2,1-2H3. The third-order valence-corrected chi connectivity index (χ3v) is 2.50. The van der Waals surface area contributed by atoms with E-state index in [4.69, 9.17) is 5.26 Å². The van der Waals surface area contributed by atoms with Crippen LogP contribution in [-0.4, -0.2) is 36.5 Å². The molecule has 1 aliphatic heterocycles. The molecule has 4 heteroatoms. The molecule has 0 bridgehead atoms. The first-order valence-corrected chi connectivity index (χ1v) is 5.05. The first-order valence-electron chi connectivity index (χ1n) is 5.05. The van der Waals surface area contributed by atoms with Gasteiger partial charge in [-0.3, -0.25) is 4.79 Å². The van der Waals surface area contributed by atoms with Crippen LogP contribution in [0.5, 0.6) is 0 Å². The van der Waals surface area contributed by atoms with Gasteiger partial charge in [0.1, 0.15) is 0 Å². The van der Waals surface area contributed by atoms with Gasteiger partial charge in [-0.2, -0.15) is 5.26 Å². The molecule has 1 amide bonds. The molecule has 0 unspecified atom stereocenters. The van der Waals surface area contributed by atoms with Crippen LogP contribution >= 0.6 is 0 Å². The molecule has 0 aromatic carbocycles. The van der Waals surface area contributed by atoms with E-state index in [0.29, 0.717) is 13.0 Å². The largest absolute Gasteiger partial charge is 0.339 e. The number of hydrogen-bond donors (Lipinski definition) is 1. The minimum Gasteiger partial charge on any atom is -0.339 e. The summed E-state index contributed by atoms with van der Waals surface area (Å²) in [5.74, 6) is 0.324. The molecule has 0 aromatic rings. The van der Waals surface area contributed by atoms with E-state index < -0.39 is 0 Å². The Balaban J connectivity index is 2.48. The summed E-state index contributed by atoms with van der Waals surface area (Å²) >= 11 is 0. The molecule has 1 fully saturated rings. The number of hydrogen-bond acceptors (Lipinski definition) is 3. The maximum absolute atomic E-state index is 11.8. The molecular weight excluding hydrogens is 178 g/mol. The number of carbonyl (C=O) groups is 1. The molecule has 1 rings (SSSR count). The minimum atomic E-state index is 0.135. The van der Waals surface area contributed by atoms with Crippen LogP contribution in [0.2, 0.25) is 0 Å². The van der Waals surface area contributed by atoms with Crippen molar-refractivity contribution in [2.45, 2.75) is 26.3 Å². The Morgan fingerprint density at radius 3 is 2.64 bits per heavy atom. The predicted molar refractivity (Wildman–Crippen MR) is 53.4 cm³/mol. The van der Waals surface area contributed by atoms with Gasteiger partial charge < -0.3 is 10.2 Å². The fourth-order valence-electron chi connectivity index (χ4n) is 1.49. The lowest BCUT2D eigenvalue weighted by Crippen LogP contribution is -2.53. The van der Waals surface area contributed by atoms with Gasteiger partial charge in [0.15, 0.2) is 0 Å². The fraction of sp³-hybridized carbons (Fsp3) is 0.800. The van der Waals surface area contributed by atoms with Gasteiger partial charge in [0.25, 0.3) is 0 Å². The molecule has 0 saturated carbocycles. The highest BCUT2D eigenvalue weighted by Gasteiger charge is 2.29. The number of amides is 1. The van der Waals surface area contributed by atoms with Crippen molar-refractivity contribution in [3.63, 3.8) is 0 Å². The van der Waals surface area contributed by atoms with E-state index in [9.17, 15) is 4.79 Å². The van der Waals surface area contributed by atoms with E-state index in [0.717, 1.165) is 13.1 Å². The summed E-state index contributed by atoms with van der Waals surface area (Å²) in [5.41, 5.74) is 0. The van der Waals surface area contributed by atoms with E-state index in [1.54, 1.807) is 4.90 Å². The van der Waals surface area contributed by atoms with Gasteiger partial charge in [-0.05, 0) is 13.8 Å². The van der Waals surface area contributed by atoms with Crippen LogP contribution in [0.3, 0.4) is 0 Å². The van der Waals surface area contributed by atoms with Gasteiger partial charge in [-0.15, -0.1) is 0 Å². The van der Waals surface area contributed by atoms with Crippen LogP contribution in [0, 0.1) is 17.2 Å². The smallest absolute Gasteiger partial charge is 0.228 e. The van der Waals surface area contributed by atoms with Gasteiger partial charge in [0, 0.05) is 25.7 Å². The summed E-state index contributed by atoms with van der Waals surface area (Å²) < 4.78 is 0. The molecule has 1 N–H and O–H groups in total. The summed E-state index contributed by atoms with van der Waals surface area (Å²) in [6, 6.07) is 2.26. The second-order valence-corrected chi connectivity index (χ2v) is 3.89. The minimum absolute atomic E-state index is 0.135. The van der Waals surface area contributed by atoms with Crippen LogP contribution in [0.4, 0.5) is 0 Å². The SMILES string of the molecule is CC(C)N(CCC#N)C(=O)C1CNC1. The first kappa shape index (κ1) is 11.0. The van der Waals surface area contributed by atoms with Crippen LogP contribution in [-0.2, 0) is 4.79 Å². The van der Waals surface area contributed by atoms with Crippen LogP contribution in [0.1, 0.15) is 20.3 Å². The Bertz CT molecular complexity index is 240. The Morgan fingerprint density at radius 2 is 2.29 bits per heavy atom. The van der Waals surface area contributed by atoms with Gasteiger partial charge in [-0.25, -0.2) is 0 Å². The van der Waals surface area contributed by atoms with Crippen molar-refractivity contribution in [1.29, 1.82) is 5.26 Å². The van der Waals surface area contributed by atoms with Crippen molar-refractivity contribution < 1.29 is 4.79 Å². The van der Waals surface area contributed by atoms with E-state index in [1.165, 1.54) is 0 Å². The summed E-state index contributed by atoms with van der Waals surface area (Å²) in [7, 11) is 0. The van der Waals surface area contributed by atoms with E-state index in [1.807, 2.05) is 13.8 Å². The lowest BCUT2D eigenvalue weighted by Gasteiger charge is -2.34. The number of nitriles is 1. The zero-order valence-corrected chi connectivity index (χ0v) is 8.79. The third-order valence-electron chi connectivity index (χ3n) is 2.50. The second-order valence-electron chi connectivity index (χ2n) is 3.89. The lowest BCUT2D eigenvalue weighted by atomic mass is 10.0. The molecule has 4 nitrogen and oxygen atoms in total. The van der Waals surface area contributed by atoms with Gasteiger partial charge in [0.2, 0.25) is 5.91 Å². The molecule has 0 aliphatic carbocycles. The van der Waals surface area contributed by atoms with Crippen molar-refractivity contribution in [3.05, 3.63) is 0 Å². The number of carbonyl (C=O) groups excluding carboxylic acids is 1. The molecule has 0 atom stereocenters. The van der Waals surface area contributed by atoms with Crippen molar-refractivity contribution in [2.24, 2.45) is 5.92 Å². The quantitative estimate of drug-likeness (QED) is 0.704. The average molecular weight is 195 g/mol. The predicted octanol–water partition coefficient (Wildman–Crippen LogP) is 0.356. The molecule has 14 heavy (non-hydrogen) atoms. The van der Waals surface area contributed by atoms with Crippen LogP contribution < -0.4 is 5.32 Å². The van der Waals surface area contributed by atoms with Crippen LogP contribution in [0.25, 0.3) is 0 Å². The Hall–Kier alpha value is -1.08. The molecular formula is C10H17N3O. The summed E-state index contributed by atoms with van der Waals surface area (Å²) in [6.45, 7) is 6.11. The number of nitrogens with zero attached hydrogens (tertiary/aromatic N) is 2. The van der Waals surface area contributed by atoms with Gasteiger partial charge in [0.05, 0.1) is 18.4 Å². The average Bonchev–Trinajstić information content (AvgIpc) is 2.01. The van der Waals surface area contributed by atoms with Gasteiger partial charge in [-0.1, -0.05) is 0 Å². The van der Waals surface area contributed by atoms with Crippen molar-refractivity contribution in [2.75, 3.05) is 19.6 Å². The monoisotopic (exact) mass is 195 g/mol. The zero-order valence-electron chi connectivity index (χ0n) is 8.79. The molecule has 1 heterocycles. The highest BCUT2D eigenvalue weighted by molar-refractivity contribution is 5.80. The van der Waals surface area contributed by atoms with Crippen molar-refractivity contribution >= 4 is 5.91 Å². The third kappa shape index (κ3) is 2.46. The molecule has 0 radical (unpaired) electrons. The topological polar surface area (TPSA) is 56.1 Å². The van der Waals surface area contributed by atoms with E-state index in [2.05, 4.69) is 11.4 Å². The van der Waals surface area contributed by atoms with Crippen LogP contribution in [0.15, 0.2) is 0 Å². The fourth-order valence-corrected chi connectivity index (χ4v) is 1.49. The molecule has 1 aliphatic rings. The maximum Gasteiger partial charge on any atom is 0.228 e. The molecule has 0 aromatic heterocycles. The van der Waals surface area contributed by atoms with Crippen molar-refractivity contribution in [3.8, 4) is 6.07 Å². The summed E-state index contributed by atoms with van der Waals surface area (Å²) in [6.07, 6.45) is 0.421.